The maximum atomic E-state index is 13.3. The fourth-order valence-corrected chi connectivity index (χ4v) is 4.86. The van der Waals surface area contributed by atoms with Crippen LogP contribution in [0.1, 0.15) is 55.3 Å². The summed E-state index contributed by atoms with van der Waals surface area (Å²) in [5.74, 6) is -5.66. The van der Waals surface area contributed by atoms with Gasteiger partial charge in [0.1, 0.15) is 11.6 Å². The molecule has 33 heavy (non-hydrogen) atoms. The molecule has 182 valence electrons. The van der Waals surface area contributed by atoms with E-state index in [2.05, 4.69) is 5.32 Å². The number of carbonyl (C=O) groups is 4. The Hall–Kier alpha value is -2.59. The molecule has 0 aliphatic carbocycles. The van der Waals surface area contributed by atoms with E-state index in [1.165, 1.54) is 26.0 Å². The van der Waals surface area contributed by atoms with Crippen molar-refractivity contribution < 1.29 is 42.6 Å². The third-order valence-corrected chi connectivity index (χ3v) is 6.66. The van der Waals surface area contributed by atoms with Gasteiger partial charge in [0.25, 0.3) is 11.8 Å². The van der Waals surface area contributed by atoms with Gasteiger partial charge in [0.15, 0.2) is 0 Å². The van der Waals surface area contributed by atoms with Gasteiger partial charge >= 0.3 is 13.6 Å². The Morgan fingerprint density at radius 1 is 1.06 bits per heavy atom. The molecule has 12 heteroatoms. The second-order valence-corrected chi connectivity index (χ2v) is 10.2. The summed E-state index contributed by atoms with van der Waals surface area (Å²) in [5.41, 5.74) is -0.846. The highest BCUT2D eigenvalue weighted by molar-refractivity contribution is 7.55. The van der Waals surface area contributed by atoms with Crippen molar-refractivity contribution in [1.82, 2.24) is 10.2 Å². The lowest BCUT2D eigenvalue weighted by molar-refractivity contribution is -0.156. The van der Waals surface area contributed by atoms with E-state index in [1.54, 1.807) is 32.9 Å². The molecular formula is C21H29N2O9P. The maximum Gasteiger partial charge on any atom is 0.364 e. The molecule has 1 aliphatic heterocycles. The van der Waals surface area contributed by atoms with E-state index in [0.29, 0.717) is 4.90 Å². The first-order chi connectivity index (χ1) is 15.4. The van der Waals surface area contributed by atoms with Crippen molar-refractivity contribution in [1.29, 1.82) is 0 Å². The van der Waals surface area contributed by atoms with Crippen molar-refractivity contribution in [2.75, 3.05) is 19.8 Å². The van der Waals surface area contributed by atoms with Crippen molar-refractivity contribution in [3.05, 3.63) is 35.4 Å². The molecular weight excluding hydrogens is 455 g/mol. The molecule has 2 rings (SSSR count). The number of nitrogens with one attached hydrogen (secondary N) is 1. The van der Waals surface area contributed by atoms with Crippen molar-refractivity contribution in [3.8, 4) is 0 Å². The Bertz CT molecular complexity index is 928. The van der Waals surface area contributed by atoms with Gasteiger partial charge in [-0.2, -0.15) is 0 Å². The normalized spacial score (nSPS) is 15.8. The van der Waals surface area contributed by atoms with E-state index < -0.39 is 55.3 Å². The Balaban J connectivity index is 2.39. The molecule has 0 bridgehead atoms. The van der Waals surface area contributed by atoms with Crippen LogP contribution in [0.2, 0.25) is 0 Å². The van der Waals surface area contributed by atoms with E-state index >= 15 is 0 Å². The summed E-state index contributed by atoms with van der Waals surface area (Å²) in [7, 11) is -4.27. The molecule has 0 saturated heterocycles. The molecule has 0 saturated carbocycles. The molecule has 1 aromatic carbocycles. The van der Waals surface area contributed by atoms with Crippen molar-refractivity contribution >= 4 is 31.3 Å². The van der Waals surface area contributed by atoms with Crippen LogP contribution in [0.4, 0.5) is 0 Å². The van der Waals surface area contributed by atoms with Gasteiger partial charge in [-0.05, 0) is 46.8 Å². The van der Waals surface area contributed by atoms with Crippen molar-refractivity contribution in [3.63, 3.8) is 0 Å². The third-order valence-electron chi connectivity index (χ3n) is 4.46. The summed E-state index contributed by atoms with van der Waals surface area (Å²) in [6.45, 7) is 6.63. The van der Waals surface area contributed by atoms with E-state index in [4.69, 9.17) is 13.8 Å². The Labute approximate surface area is 191 Å². The monoisotopic (exact) mass is 484 g/mol. The summed E-state index contributed by atoms with van der Waals surface area (Å²) in [4.78, 5) is 52.0. The van der Waals surface area contributed by atoms with E-state index in [-0.39, 0.29) is 24.3 Å². The lowest BCUT2D eigenvalue weighted by Gasteiger charge is -2.30. The van der Waals surface area contributed by atoms with Gasteiger partial charge in [-0.25, -0.2) is 4.79 Å². The molecule has 0 spiro atoms. The molecule has 2 unspecified atom stereocenters. The zero-order valence-corrected chi connectivity index (χ0v) is 20.1. The number of hydrogen-bond donors (Lipinski definition) is 2. The van der Waals surface area contributed by atoms with Crippen molar-refractivity contribution in [2.45, 2.75) is 52.0 Å². The van der Waals surface area contributed by atoms with Crippen LogP contribution in [0.15, 0.2) is 24.3 Å². The van der Waals surface area contributed by atoms with Crippen LogP contribution in [0.3, 0.4) is 0 Å². The van der Waals surface area contributed by atoms with Crippen LogP contribution in [-0.2, 0) is 27.9 Å². The Morgan fingerprint density at radius 3 is 1.94 bits per heavy atom. The van der Waals surface area contributed by atoms with Crippen LogP contribution in [-0.4, -0.2) is 70.9 Å². The minimum atomic E-state index is -4.27. The van der Waals surface area contributed by atoms with E-state index in [9.17, 15) is 28.8 Å². The summed E-state index contributed by atoms with van der Waals surface area (Å²) >= 11 is 0. The number of fused-ring (bicyclic) bond motifs is 1. The number of imide groups is 1. The second-order valence-electron chi connectivity index (χ2n) is 8.04. The fraction of sp³-hybridized carbons (Fsp3) is 0.524. The van der Waals surface area contributed by atoms with Gasteiger partial charge in [-0.3, -0.25) is 23.8 Å². The number of esters is 1. The number of hydrogen-bond acceptors (Lipinski definition) is 9. The van der Waals surface area contributed by atoms with Gasteiger partial charge in [-0.1, -0.05) is 12.1 Å². The molecule has 11 nitrogen and oxygen atoms in total. The average molecular weight is 484 g/mol. The summed E-state index contributed by atoms with van der Waals surface area (Å²) in [6.07, 6.45) is 0. The summed E-state index contributed by atoms with van der Waals surface area (Å²) < 4.78 is 29.0. The summed E-state index contributed by atoms with van der Waals surface area (Å²) in [5, 5.41) is 12.1. The van der Waals surface area contributed by atoms with Crippen LogP contribution < -0.4 is 5.32 Å². The Kier molecular flexibility index (Phi) is 8.53. The topological polar surface area (TPSA) is 149 Å². The molecule has 1 aromatic rings. The Morgan fingerprint density at radius 2 is 1.55 bits per heavy atom. The van der Waals surface area contributed by atoms with Gasteiger partial charge in [0.05, 0.1) is 30.9 Å². The zero-order valence-electron chi connectivity index (χ0n) is 19.2. The first-order valence-corrected chi connectivity index (χ1v) is 12.0. The molecule has 0 fully saturated rings. The number of benzene rings is 1. The average Bonchev–Trinajstić information content (AvgIpc) is 2.97. The van der Waals surface area contributed by atoms with Gasteiger partial charge in [0, 0.05) is 0 Å². The molecule has 1 heterocycles. The highest BCUT2D eigenvalue weighted by Gasteiger charge is 2.48. The zero-order chi connectivity index (χ0) is 25.0. The summed E-state index contributed by atoms with van der Waals surface area (Å²) in [6, 6.07) is 4.26. The number of carbonyl (C=O) groups excluding carboxylic acids is 4. The number of amides is 3. The van der Waals surface area contributed by atoms with Crippen LogP contribution in [0.5, 0.6) is 0 Å². The standard InChI is InChI=1S/C21H29N2O9P/c1-6-30-33(29,31-7-2)17(20(28)32-21(3,4)5)22-16(25)15(12-24)23-18(26)13-10-8-9-11-14(13)19(23)27/h8-11,15,17,24H,6-7,12H2,1-5H3,(H,22,25). The fourth-order valence-electron chi connectivity index (χ4n) is 3.17. The second kappa shape index (κ2) is 10.6. The maximum absolute atomic E-state index is 13.3. The quantitative estimate of drug-likeness (QED) is 0.287. The number of rotatable bonds is 10. The van der Waals surface area contributed by atoms with E-state index in [0.717, 1.165) is 0 Å². The van der Waals surface area contributed by atoms with Gasteiger partial charge in [-0.15, -0.1) is 0 Å². The predicted octanol–water partition coefficient (Wildman–Crippen LogP) is 1.69. The first kappa shape index (κ1) is 26.7. The van der Waals surface area contributed by atoms with Gasteiger partial charge in [0.2, 0.25) is 11.7 Å². The van der Waals surface area contributed by atoms with Crippen LogP contribution in [0.25, 0.3) is 0 Å². The van der Waals surface area contributed by atoms with Crippen molar-refractivity contribution in [2.24, 2.45) is 0 Å². The highest BCUT2D eigenvalue weighted by atomic mass is 31.2. The molecule has 1 aliphatic rings. The molecule has 0 radical (unpaired) electrons. The first-order valence-electron chi connectivity index (χ1n) is 10.4. The number of ether oxygens (including phenoxy) is 1. The highest BCUT2D eigenvalue weighted by Crippen LogP contribution is 2.52. The largest absolute Gasteiger partial charge is 0.458 e. The molecule has 0 aromatic heterocycles. The lowest BCUT2D eigenvalue weighted by Crippen LogP contribution is -2.55. The van der Waals surface area contributed by atoms with E-state index in [1.807, 2.05) is 0 Å². The molecule has 2 N–H and O–H groups in total. The smallest absolute Gasteiger partial charge is 0.364 e. The third kappa shape index (κ3) is 5.86. The minimum Gasteiger partial charge on any atom is -0.458 e. The number of aliphatic hydroxyl groups is 1. The van der Waals surface area contributed by atoms with Crippen LogP contribution in [0, 0.1) is 0 Å². The molecule has 2 atom stereocenters. The lowest BCUT2D eigenvalue weighted by atomic mass is 10.1. The predicted molar refractivity (Wildman–Crippen MR) is 116 cm³/mol. The number of nitrogens with zero attached hydrogens (tertiary/aromatic N) is 1. The SMILES string of the molecule is CCOP(=O)(OCC)C(NC(=O)C(CO)N1C(=O)c2ccccc2C1=O)C(=O)OC(C)(C)C. The number of aliphatic hydroxyl groups excluding tert-OH is 1. The van der Waals surface area contributed by atoms with Gasteiger partial charge < -0.3 is 24.2 Å². The van der Waals surface area contributed by atoms with Crippen LogP contribution >= 0.6 is 7.60 Å². The minimum absolute atomic E-state index is 0.0757. The molecule has 3 amide bonds.